The number of benzene rings is 18. The van der Waals surface area contributed by atoms with E-state index in [2.05, 4.69) is 358 Å². The quantitative estimate of drug-likeness (QED) is 0.135. The molecule has 0 saturated carbocycles. The Labute approximate surface area is 609 Å². The van der Waals surface area contributed by atoms with Crippen LogP contribution in [0, 0.1) is 0 Å². The van der Waals surface area contributed by atoms with Crippen molar-refractivity contribution in [3.8, 4) is 100 Å². The smallest absolute Gasteiger partial charge is 0.136 e. The highest BCUT2D eigenvalue weighted by atomic mass is 16.3. The highest BCUT2D eigenvalue weighted by Crippen LogP contribution is 2.51. The van der Waals surface area contributed by atoms with Crippen molar-refractivity contribution in [2.24, 2.45) is 0 Å². The van der Waals surface area contributed by atoms with E-state index in [1.54, 1.807) is 0 Å². The molecule has 0 atom stereocenters. The molecule has 0 N–H and O–H groups in total. The van der Waals surface area contributed by atoms with Gasteiger partial charge in [-0.05, 0) is 183 Å². The van der Waals surface area contributed by atoms with Crippen molar-refractivity contribution >= 4 is 130 Å². The van der Waals surface area contributed by atoms with Crippen LogP contribution in [0.5, 0.6) is 0 Å². The van der Waals surface area contributed by atoms with Crippen molar-refractivity contribution in [3.63, 3.8) is 0 Å². The van der Waals surface area contributed by atoms with Gasteiger partial charge in [-0.1, -0.05) is 291 Å². The summed E-state index contributed by atoms with van der Waals surface area (Å²) >= 11 is 0. The number of nitrogens with zero attached hydrogens (tertiary/aromatic N) is 2. The van der Waals surface area contributed by atoms with E-state index in [9.17, 15) is 0 Å². The molecule has 0 amide bonds. The molecule has 0 radical (unpaired) electrons. The van der Waals surface area contributed by atoms with Gasteiger partial charge < -0.3 is 8.83 Å². The minimum atomic E-state index is 0.813. The van der Waals surface area contributed by atoms with Crippen molar-refractivity contribution in [1.29, 1.82) is 0 Å². The Morgan fingerprint density at radius 2 is 0.575 bits per heavy atom. The van der Waals surface area contributed by atoms with Gasteiger partial charge in [-0.3, -0.25) is 0 Å². The third kappa shape index (κ3) is 9.41. The third-order valence-electron chi connectivity index (χ3n) is 22.1. The van der Waals surface area contributed by atoms with E-state index in [-0.39, 0.29) is 0 Å². The van der Waals surface area contributed by atoms with Crippen molar-refractivity contribution in [2.45, 2.75) is 0 Å². The molecule has 0 aliphatic rings. The Balaban J connectivity index is 0.642. The van der Waals surface area contributed by atoms with Crippen LogP contribution in [-0.4, -0.2) is 9.97 Å². The van der Waals surface area contributed by atoms with Gasteiger partial charge in [-0.25, -0.2) is 9.97 Å². The fourth-order valence-electron chi connectivity index (χ4n) is 17.4. The van der Waals surface area contributed by atoms with Gasteiger partial charge in [-0.2, -0.15) is 0 Å². The largest absolute Gasteiger partial charge is 0.456 e. The maximum Gasteiger partial charge on any atom is 0.136 e. The number of fused-ring (bicyclic) bond motifs is 18. The summed E-state index contributed by atoms with van der Waals surface area (Å²) in [5, 5.41) is 20.7. The summed E-state index contributed by atoms with van der Waals surface area (Å²) in [5.41, 5.74) is 25.1. The van der Waals surface area contributed by atoms with E-state index in [1.807, 2.05) is 6.07 Å². The van der Waals surface area contributed by atoms with Crippen molar-refractivity contribution in [1.82, 2.24) is 9.97 Å². The minimum absolute atomic E-state index is 0.813. The molecule has 490 valence electrons. The van der Waals surface area contributed by atoms with Crippen LogP contribution in [0.25, 0.3) is 231 Å². The normalized spacial score (nSPS) is 12.0. The zero-order valence-electron chi connectivity index (χ0n) is 57.4. The predicted octanol–water partition coefficient (Wildman–Crippen LogP) is 28.5. The Hall–Kier alpha value is -14.1. The lowest BCUT2D eigenvalue weighted by Crippen LogP contribution is -1.93. The van der Waals surface area contributed by atoms with Gasteiger partial charge in [0.25, 0.3) is 0 Å². The molecule has 0 saturated heterocycles. The van der Waals surface area contributed by atoms with Gasteiger partial charge in [0.15, 0.2) is 0 Å². The van der Waals surface area contributed by atoms with Crippen molar-refractivity contribution in [3.05, 3.63) is 364 Å². The van der Waals surface area contributed by atoms with E-state index in [0.717, 1.165) is 171 Å². The molecule has 0 aliphatic heterocycles. The Kier molecular flexibility index (Phi) is 13.4. The summed E-state index contributed by atoms with van der Waals surface area (Å²) < 4.78 is 14.0. The molecule has 0 bridgehead atoms. The number of aromatic nitrogens is 2. The summed E-state index contributed by atoms with van der Waals surface area (Å²) in [4.78, 5) is 11.1. The predicted molar refractivity (Wildman–Crippen MR) is 446 cm³/mol. The number of pyridine rings is 2. The fraction of sp³-hybridized carbons (Fsp3) is 0. The van der Waals surface area contributed by atoms with E-state index < -0.39 is 0 Å². The average Bonchev–Trinajstić information content (AvgIpc) is 1.42. The van der Waals surface area contributed by atoms with Crippen molar-refractivity contribution in [2.75, 3.05) is 0 Å². The molecule has 0 fully saturated rings. The zero-order chi connectivity index (χ0) is 69.5. The summed E-state index contributed by atoms with van der Waals surface area (Å²) in [5.74, 6) is 0. The number of furan rings is 2. The van der Waals surface area contributed by atoms with Gasteiger partial charge in [0.2, 0.25) is 0 Å². The minimum Gasteiger partial charge on any atom is -0.456 e. The first kappa shape index (κ1) is 59.6. The molecule has 22 rings (SSSR count). The van der Waals surface area contributed by atoms with Crippen LogP contribution in [0.4, 0.5) is 0 Å². The highest BCUT2D eigenvalue weighted by molar-refractivity contribution is 6.30. The molecule has 106 heavy (non-hydrogen) atoms. The van der Waals surface area contributed by atoms with Gasteiger partial charge in [-0.15, -0.1) is 0 Å². The van der Waals surface area contributed by atoms with Crippen molar-refractivity contribution < 1.29 is 8.83 Å². The number of para-hydroxylation sites is 3. The van der Waals surface area contributed by atoms with E-state index in [4.69, 9.17) is 18.8 Å². The average molecular weight is 1350 g/mol. The zero-order valence-corrected chi connectivity index (χ0v) is 57.4. The van der Waals surface area contributed by atoms with E-state index in [1.165, 1.54) is 59.8 Å². The molecule has 22 aromatic rings. The molecule has 4 aromatic heterocycles. The molecule has 4 nitrogen and oxygen atoms in total. The summed E-state index contributed by atoms with van der Waals surface area (Å²) in [6.45, 7) is 0. The number of hydrogen-bond acceptors (Lipinski definition) is 4. The van der Waals surface area contributed by atoms with Gasteiger partial charge in [0.05, 0.1) is 22.4 Å². The van der Waals surface area contributed by atoms with Gasteiger partial charge in [0, 0.05) is 76.1 Å². The lowest BCUT2D eigenvalue weighted by Gasteiger charge is -2.16. The van der Waals surface area contributed by atoms with Crippen LogP contribution in [-0.2, 0) is 0 Å². The molecular weight excluding hydrogens is 1290 g/mol. The summed E-state index contributed by atoms with van der Waals surface area (Å²) in [6, 6.07) is 132. The Morgan fingerprint density at radius 3 is 1.21 bits per heavy atom. The van der Waals surface area contributed by atoms with E-state index >= 15 is 0 Å². The molecule has 0 aliphatic carbocycles. The lowest BCUT2D eigenvalue weighted by atomic mass is 9.88. The summed E-state index contributed by atoms with van der Waals surface area (Å²) in [7, 11) is 0. The number of hydrogen-bond donors (Lipinski definition) is 0. The molecular formula is C102H60N2O2. The molecule has 0 unspecified atom stereocenters. The third-order valence-corrected chi connectivity index (χ3v) is 22.1. The second kappa shape index (κ2) is 23.8. The maximum atomic E-state index is 7.28. The van der Waals surface area contributed by atoms with Crippen LogP contribution >= 0.6 is 0 Å². The number of rotatable bonds is 9. The lowest BCUT2D eigenvalue weighted by molar-refractivity contribution is 0.669. The molecule has 18 aromatic carbocycles. The van der Waals surface area contributed by atoms with Crippen LogP contribution < -0.4 is 0 Å². The van der Waals surface area contributed by atoms with Crippen LogP contribution in [0.3, 0.4) is 0 Å². The van der Waals surface area contributed by atoms with Crippen LogP contribution in [0.1, 0.15) is 0 Å². The topological polar surface area (TPSA) is 52.1 Å². The van der Waals surface area contributed by atoms with Gasteiger partial charge in [0.1, 0.15) is 22.3 Å². The van der Waals surface area contributed by atoms with Gasteiger partial charge >= 0.3 is 0 Å². The monoisotopic (exact) mass is 1340 g/mol. The highest BCUT2D eigenvalue weighted by Gasteiger charge is 2.26. The molecule has 0 spiro atoms. The second-order valence-corrected chi connectivity index (χ2v) is 28.1. The standard InChI is InChI=1S/C102H60N2O2/c1-3-23-63(24-4-1)95-97-80-40-13-16-44-88(80)103-101(86(97)59-92-99(95)82-42-15-18-46-90(82)105-92)72-33-20-28-65(54-72)61-47-49-62(50-48-61)84-57-71-32-22-43-75(94(71)79-39-12-11-38-78(79)84)70-51-52-83-91(58-70)106-93-60-87-98(96(100(83)93)64-25-5-2-6-26-64)81-41-14-17-45-89(81)104-102(87)73-34-21-30-67(55-73)66-29-19-31-68(53-66)85-56-69-27-7-8-35-74(69)76-36-9-10-37-77(76)85/h1-60H. The SMILES string of the molecule is c1ccc(-c2c3c(cc4c(-c5cccc(-c6ccc(-c7cc8cccc(-c9ccc%10c(c9)oc9cc%11c(-c%12cccc(-c%13cccc(-c%14cc%15ccccc%15c%15ccccc%14%15)c%13)c%12)nc%12ccccc%12c%11c(-c%11ccccc%11)c9%10)c8c8ccccc78)cc6)c5)nc5ccccc5c24)oc2ccccc23)cc1. The molecule has 4 heterocycles. The van der Waals surface area contributed by atoms with E-state index in [0.29, 0.717) is 0 Å². The first-order valence-corrected chi connectivity index (χ1v) is 36.3. The second-order valence-electron chi connectivity index (χ2n) is 28.1. The fourth-order valence-corrected chi connectivity index (χ4v) is 17.4. The first-order valence-electron chi connectivity index (χ1n) is 36.3. The Morgan fingerprint density at radius 1 is 0.170 bits per heavy atom. The Bertz CT molecular complexity index is 7430. The first-order chi connectivity index (χ1) is 52.5. The molecule has 4 heteroatoms. The van der Waals surface area contributed by atoms with Crippen LogP contribution in [0.15, 0.2) is 373 Å². The maximum absolute atomic E-state index is 7.28. The summed E-state index contributed by atoms with van der Waals surface area (Å²) in [6.07, 6.45) is 0. The van der Waals surface area contributed by atoms with Crippen LogP contribution in [0.2, 0.25) is 0 Å².